The summed E-state index contributed by atoms with van der Waals surface area (Å²) in [5, 5.41) is 8.88. The van der Waals surface area contributed by atoms with E-state index >= 15 is 0 Å². The summed E-state index contributed by atoms with van der Waals surface area (Å²) in [6.07, 6.45) is -3.43. The summed E-state index contributed by atoms with van der Waals surface area (Å²) in [6, 6.07) is 2.87. The molecule has 3 rings (SSSR count). The number of alkyl halides is 3. The Labute approximate surface area is 163 Å². The van der Waals surface area contributed by atoms with Gasteiger partial charge < -0.3 is 14.6 Å². The molecule has 1 N–H and O–H groups in total. The summed E-state index contributed by atoms with van der Waals surface area (Å²) in [5.74, 6) is -1.50. The van der Waals surface area contributed by atoms with E-state index in [0.29, 0.717) is 18.2 Å². The molecule has 1 aromatic rings. The molecule has 1 aromatic carbocycles. The van der Waals surface area contributed by atoms with Gasteiger partial charge in [0.05, 0.1) is 28.7 Å². The van der Waals surface area contributed by atoms with Crippen molar-refractivity contribution < 1.29 is 37.3 Å². The molecule has 0 bridgehead atoms. The molecule has 1 unspecified atom stereocenters. The van der Waals surface area contributed by atoms with E-state index in [-0.39, 0.29) is 29.9 Å². The molecule has 6 nitrogen and oxygen atoms in total. The van der Waals surface area contributed by atoms with Gasteiger partial charge in [0.1, 0.15) is 12.5 Å². The molecular formula is C18H18F3NO5S. The highest BCUT2D eigenvalue weighted by Crippen LogP contribution is 2.38. The second-order valence-corrected chi connectivity index (χ2v) is 8.07. The van der Waals surface area contributed by atoms with Crippen LogP contribution in [0.2, 0.25) is 0 Å². The first-order chi connectivity index (χ1) is 13.0. The number of rotatable bonds is 3. The number of amides is 2. The molecule has 2 saturated heterocycles. The number of benzene rings is 1. The van der Waals surface area contributed by atoms with Crippen LogP contribution in [0.4, 0.5) is 18.0 Å². The number of ether oxygens (including phenoxy) is 2. The van der Waals surface area contributed by atoms with Crippen LogP contribution in [-0.4, -0.2) is 46.2 Å². The standard InChI is InChI=1S/C18H18F3NO5S/c1-17(2)7-11(26-9-27-17)8-22-15(24)14(28-16(22)25)6-10-3-4-13(23)12(5-10)18(19,20)21/h3-6,11,23H,7-9H2,1-2H3/b14-6-. The van der Waals surface area contributed by atoms with Crippen LogP contribution in [0.1, 0.15) is 31.4 Å². The van der Waals surface area contributed by atoms with Crippen molar-refractivity contribution in [3.8, 4) is 5.75 Å². The third-order valence-electron chi connectivity index (χ3n) is 4.36. The third-order valence-corrected chi connectivity index (χ3v) is 5.26. The van der Waals surface area contributed by atoms with Crippen molar-refractivity contribution in [3.63, 3.8) is 0 Å². The van der Waals surface area contributed by atoms with Crippen LogP contribution in [0.25, 0.3) is 6.08 Å². The summed E-state index contributed by atoms with van der Waals surface area (Å²) < 4.78 is 49.6. The number of imide groups is 1. The van der Waals surface area contributed by atoms with Gasteiger partial charge in [-0.15, -0.1) is 0 Å². The summed E-state index contributed by atoms with van der Waals surface area (Å²) >= 11 is 0.651. The van der Waals surface area contributed by atoms with Crippen molar-refractivity contribution in [1.29, 1.82) is 0 Å². The van der Waals surface area contributed by atoms with Gasteiger partial charge in [-0.2, -0.15) is 13.2 Å². The Kier molecular flexibility index (Phi) is 5.48. The van der Waals surface area contributed by atoms with E-state index in [1.165, 1.54) is 12.1 Å². The maximum absolute atomic E-state index is 12.9. The topological polar surface area (TPSA) is 76.1 Å². The maximum atomic E-state index is 12.9. The number of hydrogen-bond donors (Lipinski definition) is 1. The summed E-state index contributed by atoms with van der Waals surface area (Å²) in [4.78, 5) is 25.8. The number of halogens is 3. The summed E-state index contributed by atoms with van der Waals surface area (Å²) in [6.45, 7) is 3.84. The minimum Gasteiger partial charge on any atom is -0.507 e. The Hall–Kier alpha value is -2.04. The van der Waals surface area contributed by atoms with E-state index in [9.17, 15) is 27.9 Å². The van der Waals surface area contributed by atoms with E-state index in [1.807, 2.05) is 13.8 Å². The number of phenolic OH excluding ortho intramolecular Hbond substituents is 1. The van der Waals surface area contributed by atoms with Crippen LogP contribution in [0.5, 0.6) is 5.75 Å². The van der Waals surface area contributed by atoms with Crippen LogP contribution in [0, 0.1) is 0 Å². The van der Waals surface area contributed by atoms with Crippen molar-refractivity contribution in [2.45, 2.75) is 38.1 Å². The molecule has 2 amide bonds. The SMILES string of the molecule is CC1(C)CC(CN2C(=O)S/C(=C\c3ccc(O)c(C(F)(F)F)c3)C2=O)OCO1. The number of thioether (sulfide) groups is 1. The van der Waals surface area contributed by atoms with E-state index in [0.717, 1.165) is 17.0 Å². The molecule has 0 aromatic heterocycles. The molecule has 28 heavy (non-hydrogen) atoms. The Balaban J connectivity index is 1.78. The lowest BCUT2D eigenvalue weighted by Gasteiger charge is -2.36. The fourth-order valence-corrected chi connectivity index (χ4v) is 3.80. The van der Waals surface area contributed by atoms with Gasteiger partial charge in [0.2, 0.25) is 0 Å². The average molecular weight is 417 g/mol. The minimum absolute atomic E-state index is 0.00938. The maximum Gasteiger partial charge on any atom is 0.419 e. The Morgan fingerprint density at radius 3 is 2.71 bits per heavy atom. The van der Waals surface area contributed by atoms with Gasteiger partial charge in [0.15, 0.2) is 0 Å². The lowest BCUT2D eigenvalue weighted by atomic mass is 9.99. The van der Waals surface area contributed by atoms with Crippen molar-refractivity contribution in [2.75, 3.05) is 13.3 Å². The number of hydrogen-bond acceptors (Lipinski definition) is 6. The van der Waals surface area contributed by atoms with Crippen LogP contribution in [0.3, 0.4) is 0 Å². The Bertz CT molecular complexity index is 837. The highest BCUT2D eigenvalue weighted by Gasteiger charge is 2.39. The van der Waals surface area contributed by atoms with Crippen molar-refractivity contribution in [1.82, 2.24) is 4.90 Å². The first-order valence-electron chi connectivity index (χ1n) is 8.37. The van der Waals surface area contributed by atoms with E-state index in [4.69, 9.17) is 9.47 Å². The Morgan fingerprint density at radius 1 is 1.36 bits per heavy atom. The molecule has 0 saturated carbocycles. The molecule has 0 radical (unpaired) electrons. The largest absolute Gasteiger partial charge is 0.507 e. The number of carbonyl (C=O) groups is 2. The van der Waals surface area contributed by atoms with E-state index in [2.05, 4.69) is 0 Å². The predicted octanol–water partition coefficient (Wildman–Crippen LogP) is 3.99. The zero-order valence-electron chi connectivity index (χ0n) is 15.1. The highest BCUT2D eigenvalue weighted by atomic mass is 32.2. The molecule has 10 heteroatoms. The normalized spacial score (nSPS) is 24.2. The number of carbonyl (C=O) groups excluding carboxylic acids is 2. The molecule has 1 atom stereocenters. The second-order valence-electron chi connectivity index (χ2n) is 7.08. The number of phenols is 1. The van der Waals surface area contributed by atoms with Crippen molar-refractivity contribution >= 4 is 29.0 Å². The molecule has 2 aliphatic rings. The lowest BCUT2D eigenvalue weighted by Crippen LogP contribution is -2.45. The lowest BCUT2D eigenvalue weighted by molar-refractivity contribution is -0.211. The first kappa shape index (κ1) is 20.7. The van der Waals surface area contributed by atoms with E-state index < -0.39 is 34.2 Å². The minimum atomic E-state index is -4.74. The average Bonchev–Trinajstić information content (AvgIpc) is 2.82. The number of aromatic hydroxyl groups is 1. The molecular weight excluding hydrogens is 399 g/mol. The number of nitrogens with zero attached hydrogens (tertiary/aromatic N) is 1. The van der Waals surface area contributed by atoms with Crippen LogP contribution in [0.15, 0.2) is 23.1 Å². The molecule has 0 spiro atoms. The third kappa shape index (κ3) is 4.50. The van der Waals surface area contributed by atoms with Crippen LogP contribution >= 0.6 is 11.8 Å². The van der Waals surface area contributed by atoms with Gasteiger partial charge in [-0.1, -0.05) is 6.07 Å². The van der Waals surface area contributed by atoms with Gasteiger partial charge in [0, 0.05) is 6.42 Å². The zero-order chi connectivity index (χ0) is 20.7. The van der Waals surface area contributed by atoms with Gasteiger partial charge in [-0.05, 0) is 49.4 Å². The van der Waals surface area contributed by atoms with Gasteiger partial charge in [-0.25, -0.2) is 0 Å². The zero-order valence-corrected chi connectivity index (χ0v) is 15.9. The molecule has 2 aliphatic heterocycles. The summed E-state index contributed by atoms with van der Waals surface area (Å²) in [5.41, 5.74) is -1.60. The smallest absolute Gasteiger partial charge is 0.419 e. The molecule has 152 valence electrons. The summed E-state index contributed by atoms with van der Waals surface area (Å²) in [7, 11) is 0. The molecule has 2 heterocycles. The predicted molar refractivity (Wildman–Crippen MR) is 95.3 cm³/mol. The van der Waals surface area contributed by atoms with Crippen molar-refractivity contribution in [2.24, 2.45) is 0 Å². The quantitative estimate of drug-likeness (QED) is 0.750. The van der Waals surface area contributed by atoms with Crippen LogP contribution < -0.4 is 0 Å². The van der Waals surface area contributed by atoms with Crippen molar-refractivity contribution in [3.05, 3.63) is 34.2 Å². The van der Waals surface area contributed by atoms with Gasteiger partial charge in [-0.3, -0.25) is 14.5 Å². The molecule has 0 aliphatic carbocycles. The Morgan fingerprint density at radius 2 is 2.07 bits per heavy atom. The fourth-order valence-electron chi connectivity index (χ4n) is 2.96. The van der Waals surface area contributed by atoms with Crippen LogP contribution in [-0.2, 0) is 20.4 Å². The highest BCUT2D eigenvalue weighted by molar-refractivity contribution is 8.18. The monoisotopic (exact) mass is 417 g/mol. The van der Waals surface area contributed by atoms with Gasteiger partial charge in [0.25, 0.3) is 11.1 Å². The molecule has 2 fully saturated rings. The van der Waals surface area contributed by atoms with Gasteiger partial charge >= 0.3 is 6.18 Å². The fraction of sp³-hybridized carbons (Fsp3) is 0.444. The first-order valence-corrected chi connectivity index (χ1v) is 9.19. The second kappa shape index (κ2) is 7.41. The van der Waals surface area contributed by atoms with E-state index in [1.54, 1.807) is 0 Å².